The molecule has 0 rings (SSSR count). The van der Waals surface area contributed by atoms with Crippen LogP contribution in [0.1, 0.15) is 386 Å². The molecule has 82 heavy (non-hydrogen) atoms. The average Bonchev–Trinajstić information content (AvgIpc) is 3.48. The molecule has 0 aliphatic heterocycles. The molecule has 6 heteroatoms. The van der Waals surface area contributed by atoms with Gasteiger partial charge >= 0.3 is 5.97 Å². The Morgan fingerprint density at radius 2 is 0.610 bits per heavy atom. The van der Waals surface area contributed by atoms with Crippen LogP contribution in [0.4, 0.5) is 0 Å². The summed E-state index contributed by atoms with van der Waals surface area (Å²) < 4.78 is 5.44. The summed E-state index contributed by atoms with van der Waals surface area (Å²) in [6, 6.07) is -0.635. The molecule has 0 heterocycles. The Labute approximate surface area is 511 Å². The lowest BCUT2D eigenvalue weighted by Crippen LogP contribution is -2.45. The van der Waals surface area contributed by atoms with Gasteiger partial charge in [0.05, 0.1) is 25.4 Å². The molecule has 0 aromatic carbocycles. The van der Waals surface area contributed by atoms with E-state index >= 15 is 0 Å². The molecule has 1 amide bonds. The third kappa shape index (κ3) is 66.7. The van der Waals surface area contributed by atoms with Crippen molar-refractivity contribution < 1.29 is 24.5 Å². The fourth-order valence-electron chi connectivity index (χ4n) is 11.2. The smallest absolute Gasteiger partial charge is 0.305 e. The van der Waals surface area contributed by atoms with E-state index in [4.69, 9.17) is 4.74 Å². The Kier molecular flexibility index (Phi) is 68.9. The number of hydrogen-bond acceptors (Lipinski definition) is 5. The van der Waals surface area contributed by atoms with Crippen LogP contribution < -0.4 is 5.32 Å². The Bertz CT molecular complexity index is 1420. The molecule has 2 atom stereocenters. The van der Waals surface area contributed by atoms with E-state index in [-0.39, 0.29) is 18.5 Å². The third-order valence-electron chi connectivity index (χ3n) is 16.8. The Morgan fingerprint density at radius 3 is 0.951 bits per heavy atom. The van der Waals surface area contributed by atoms with Gasteiger partial charge in [-0.1, -0.05) is 351 Å². The van der Waals surface area contributed by atoms with E-state index in [9.17, 15) is 19.8 Å². The molecule has 0 spiro atoms. The number of aliphatic hydroxyl groups excluding tert-OH is 2. The van der Waals surface area contributed by atoms with Crippen molar-refractivity contribution in [3.8, 4) is 0 Å². The molecule has 0 radical (unpaired) electrons. The number of hydrogen-bond donors (Lipinski definition) is 3. The van der Waals surface area contributed by atoms with Gasteiger partial charge in [-0.15, -0.1) is 0 Å². The zero-order valence-corrected chi connectivity index (χ0v) is 55.0. The van der Waals surface area contributed by atoms with Gasteiger partial charge in [0.15, 0.2) is 0 Å². The highest BCUT2D eigenvalue weighted by atomic mass is 16.5. The average molecular weight is 1150 g/mol. The van der Waals surface area contributed by atoms with Crippen molar-refractivity contribution in [1.29, 1.82) is 0 Å². The maximum absolute atomic E-state index is 12.5. The van der Waals surface area contributed by atoms with Crippen LogP contribution >= 0.6 is 0 Å². The maximum Gasteiger partial charge on any atom is 0.305 e. The molecule has 3 N–H and O–H groups in total. The van der Waals surface area contributed by atoms with E-state index in [2.05, 4.69) is 67.8 Å². The summed E-state index contributed by atoms with van der Waals surface area (Å²) in [6.07, 6.45) is 94.6. The number of carbonyl (C=O) groups is 2. The molecular weight excluding hydrogens is 1010 g/mol. The van der Waals surface area contributed by atoms with Gasteiger partial charge in [0.25, 0.3) is 0 Å². The van der Waals surface area contributed by atoms with Crippen molar-refractivity contribution in [2.24, 2.45) is 0 Å². The Balaban J connectivity index is 3.47. The van der Waals surface area contributed by atoms with Crippen molar-refractivity contribution in [2.45, 2.75) is 398 Å². The molecule has 0 aromatic heterocycles. The second kappa shape index (κ2) is 71.0. The van der Waals surface area contributed by atoms with Gasteiger partial charge in [0.1, 0.15) is 0 Å². The lowest BCUT2D eigenvalue weighted by Gasteiger charge is -2.20. The zero-order valence-electron chi connectivity index (χ0n) is 55.0. The summed E-state index contributed by atoms with van der Waals surface area (Å²) in [4.78, 5) is 24.6. The predicted molar refractivity (Wildman–Crippen MR) is 361 cm³/mol. The van der Waals surface area contributed by atoms with Gasteiger partial charge in [-0.05, 0) is 83.5 Å². The van der Waals surface area contributed by atoms with Crippen molar-refractivity contribution in [3.05, 3.63) is 60.8 Å². The van der Waals surface area contributed by atoms with Gasteiger partial charge in [-0.2, -0.15) is 0 Å². The fourth-order valence-corrected chi connectivity index (χ4v) is 11.2. The summed E-state index contributed by atoms with van der Waals surface area (Å²) in [5.41, 5.74) is 0. The minimum absolute atomic E-state index is 0.0393. The summed E-state index contributed by atoms with van der Waals surface area (Å²) >= 11 is 0. The standard InChI is InChI=1S/C76H141NO5/c1-3-5-7-9-11-13-15-17-19-21-23-24-25-26-27-29-33-36-40-44-48-52-56-60-64-68-74(79)73(72-78)77-75(80)69-65-61-57-53-49-45-41-37-34-30-28-31-35-39-43-47-51-55-59-63-67-71-82-76(81)70-66-62-58-54-50-46-42-38-32-22-20-18-16-14-12-10-8-6-4-2/h12,14,18,20,47,51,59,63-64,68,73-74,78-79H,3-11,13,15-17,19,21-46,48-50,52-58,60-62,65-67,69-72H2,1-2H3,(H,77,80)/b14-12-,20-18-,51-47-,63-59-,68-64+. The first-order chi connectivity index (χ1) is 40.5. The normalized spacial score (nSPS) is 12.9. The number of ether oxygens (including phenoxy) is 1. The second-order valence-electron chi connectivity index (χ2n) is 24.9. The van der Waals surface area contributed by atoms with Crippen LogP contribution in [0.25, 0.3) is 0 Å². The number of nitrogens with one attached hydrogen (secondary N) is 1. The van der Waals surface area contributed by atoms with Crippen molar-refractivity contribution in [3.63, 3.8) is 0 Å². The SMILES string of the molecule is CCCCC/C=C\C/C=C\CCCCCCCCCCCC(=O)OCC/C=C\C/C=C\CCCCCCCCCCCCCCCCC(=O)NC(CO)C(O)/C=C/CCCCCCCCCCCCCCCCCCCCCCCCC. The predicted octanol–water partition coefficient (Wildman–Crippen LogP) is 23.8. The van der Waals surface area contributed by atoms with Gasteiger partial charge < -0.3 is 20.3 Å². The van der Waals surface area contributed by atoms with Crippen LogP contribution in [0.3, 0.4) is 0 Å². The van der Waals surface area contributed by atoms with Crippen LogP contribution in [0.5, 0.6) is 0 Å². The lowest BCUT2D eigenvalue weighted by molar-refractivity contribution is -0.143. The Hall–Kier alpha value is -2.44. The number of rotatable bonds is 68. The van der Waals surface area contributed by atoms with Gasteiger partial charge in [0, 0.05) is 12.8 Å². The first-order valence-corrected chi connectivity index (χ1v) is 36.6. The first kappa shape index (κ1) is 79.6. The van der Waals surface area contributed by atoms with Crippen LogP contribution in [0.2, 0.25) is 0 Å². The molecular formula is C76H141NO5. The molecule has 6 nitrogen and oxygen atoms in total. The van der Waals surface area contributed by atoms with E-state index in [0.717, 1.165) is 57.8 Å². The number of amides is 1. The Morgan fingerprint density at radius 1 is 0.341 bits per heavy atom. The van der Waals surface area contributed by atoms with E-state index in [1.54, 1.807) is 6.08 Å². The highest BCUT2D eigenvalue weighted by molar-refractivity contribution is 5.76. The summed E-state index contributed by atoms with van der Waals surface area (Å²) in [5, 5.41) is 23.3. The van der Waals surface area contributed by atoms with Gasteiger partial charge in [0.2, 0.25) is 5.91 Å². The van der Waals surface area contributed by atoms with Crippen LogP contribution in [0.15, 0.2) is 60.8 Å². The minimum atomic E-state index is -0.851. The first-order valence-electron chi connectivity index (χ1n) is 36.6. The largest absolute Gasteiger partial charge is 0.465 e. The summed E-state index contributed by atoms with van der Waals surface area (Å²) in [5.74, 6) is -0.109. The van der Waals surface area contributed by atoms with E-state index < -0.39 is 12.1 Å². The second-order valence-corrected chi connectivity index (χ2v) is 24.9. The number of esters is 1. The lowest BCUT2D eigenvalue weighted by atomic mass is 10.0. The number of aliphatic hydroxyl groups is 2. The highest BCUT2D eigenvalue weighted by Crippen LogP contribution is 2.18. The van der Waals surface area contributed by atoms with E-state index in [0.29, 0.717) is 19.4 Å². The molecule has 0 fully saturated rings. The third-order valence-corrected chi connectivity index (χ3v) is 16.8. The quantitative estimate of drug-likeness (QED) is 0.0320. The minimum Gasteiger partial charge on any atom is -0.465 e. The highest BCUT2D eigenvalue weighted by Gasteiger charge is 2.18. The molecule has 0 aliphatic carbocycles. The van der Waals surface area contributed by atoms with Gasteiger partial charge in [-0.25, -0.2) is 0 Å². The zero-order chi connectivity index (χ0) is 59.2. The summed E-state index contributed by atoms with van der Waals surface area (Å²) in [6.45, 7) is 4.80. The molecule has 0 saturated carbocycles. The molecule has 0 aliphatic rings. The van der Waals surface area contributed by atoms with E-state index in [1.165, 1.54) is 302 Å². The van der Waals surface area contributed by atoms with Crippen molar-refractivity contribution >= 4 is 11.9 Å². The van der Waals surface area contributed by atoms with Crippen LogP contribution in [-0.4, -0.2) is 47.4 Å². The van der Waals surface area contributed by atoms with Crippen molar-refractivity contribution in [1.82, 2.24) is 5.32 Å². The number of unbranched alkanes of at least 4 members (excludes halogenated alkanes) is 49. The fraction of sp³-hybridized carbons (Fsp3) is 0.842. The van der Waals surface area contributed by atoms with Crippen molar-refractivity contribution in [2.75, 3.05) is 13.2 Å². The maximum atomic E-state index is 12.5. The molecule has 480 valence electrons. The molecule has 2 unspecified atom stereocenters. The molecule has 0 bridgehead atoms. The van der Waals surface area contributed by atoms with Gasteiger partial charge in [-0.3, -0.25) is 9.59 Å². The number of allylic oxidation sites excluding steroid dienone is 8. The van der Waals surface area contributed by atoms with E-state index in [1.807, 2.05) is 6.08 Å². The van der Waals surface area contributed by atoms with Crippen LogP contribution in [0, 0.1) is 0 Å². The molecule has 0 aromatic rings. The monoisotopic (exact) mass is 1150 g/mol. The topological polar surface area (TPSA) is 95.9 Å². The number of carbonyl (C=O) groups excluding carboxylic acids is 2. The molecule has 0 saturated heterocycles. The van der Waals surface area contributed by atoms with Crippen LogP contribution in [-0.2, 0) is 14.3 Å². The summed E-state index contributed by atoms with van der Waals surface area (Å²) in [7, 11) is 0.